The summed E-state index contributed by atoms with van der Waals surface area (Å²) in [5.74, 6) is 1.93. The van der Waals surface area contributed by atoms with Gasteiger partial charge in [0.25, 0.3) is 0 Å². The largest absolute Gasteiger partial charge is 0.337 e. The van der Waals surface area contributed by atoms with Gasteiger partial charge in [-0.05, 0) is 19.5 Å². The molecular formula is C12H18N6O. The molecule has 1 N–H and O–H groups in total. The molecule has 0 unspecified atom stereocenters. The van der Waals surface area contributed by atoms with Crippen LogP contribution in [-0.4, -0.2) is 50.8 Å². The molecule has 19 heavy (non-hydrogen) atoms. The van der Waals surface area contributed by atoms with Crippen molar-refractivity contribution in [2.24, 2.45) is 7.05 Å². The Bertz CT molecular complexity index is 526. The SMILES string of the molecule is Cn1ccnc1-c1noc(CN2CCCNCC2)n1. The van der Waals surface area contributed by atoms with E-state index < -0.39 is 0 Å². The fourth-order valence-electron chi connectivity index (χ4n) is 2.24. The molecule has 0 radical (unpaired) electrons. The predicted molar refractivity (Wildman–Crippen MR) is 69.3 cm³/mol. The third-order valence-electron chi connectivity index (χ3n) is 3.28. The lowest BCUT2D eigenvalue weighted by atomic mass is 10.4. The third kappa shape index (κ3) is 2.82. The van der Waals surface area contributed by atoms with Gasteiger partial charge in [-0.2, -0.15) is 4.98 Å². The van der Waals surface area contributed by atoms with E-state index in [1.807, 2.05) is 17.8 Å². The molecule has 0 aromatic carbocycles. The van der Waals surface area contributed by atoms with Gasteiger partial charge in [-0.25, -0.2) is 4.98 Å². The fourth-order valence-corrected chi connectivity index (χ4v) is 2.24. The zero-order valence-corrected chi connectivity index (χ0v) is 11.0. The minimum absolute atomic E-state index is 0.551. The zero-order valence-electron chi connectivity index (χ0n) is 11.0. The van der Waals surface area contributed by atoms with Crippen molar-refractivity contribution < 1.29 is 4.52 Å². The molecule has 0 atom stereocenters. The van der Waals surface area contributed by atoms with E-state index in [-0.39, 0.29) is 0 Å². The van der Waals surface area contributed by atoms with Gasteiger partial charge < -0.3 is 14.4 Å². The van der Waals surface area contributed by atoms with Gasteiger partial charge in [0.15, 0.2) is 5.82 Å². The molecule has 2 aromatic heterocycles. The lowest BCUT2D eigenvalue weighted by Gasteiger charge is -2.16. The van der Waals surface area contributed by atoms with Crippen LogP contribution in [0, 0.1) is 0 Å². The smallest absolute Gasteiger partial charge is 0.241 e. The summed E-state index contributed by atoms with van der Waals surface area (Å²) >= 11 is 0. The minimum atomic E-state index is 0.551. The summed E-state index contributed by atoms with van der Waals surface area (Å²) < 4.78 is 7.19. The summed E-state index contributed by atoms with van der Waals surface area (Å²) in [6.07, 6.45) is 4.75. The summed E-state index contributed by atoms with van der Waals surface area (Å²) in [5, 5.41) is 7.37. The number of nitrogens with one attached hydrogen (secondary N) is 1. The summed E-state index contributed by atoms with van der Waals surface area (Å²) in [7, 11) is 1.92. The average molecular weight is 262 g/mol. The Labute approximate surface area is 111 Å². The van der Waals surface area contributed by atoms with Crippen molar-refractivity contribution in [3.63, 3.8) is 0 Å². The van der Waals surface area contributed by atoms with E-state index in [2.05, 4.69) is 25.3 Å². The Morgan fingerprint density at radius 3 is 3.16 bits per heavy atom. The highest BCUT2D eigenvalue weighted by molar-refractivity contribution is 5.42. The summed E-state index contributed by atoms with van der Waals surface area (Å²) in [6.45, 7) is 4.88. The lowest BCUT2D eigenvalue weighted by Crippen LogP contribution is -2.27. The van der Waals surface area contributed by atoms with E-state index in [0.717, 1.165) is 38.4 Å². The molecule has 1 saturated heterocycles. The van der Waals surface area contributed by atoms with Gasteiger partial charge in [-0.15, -0.1) is 0 Å². The summed E-state index contributed by atoms with van der Waals surface area (Å²) in [4.78, 5) is 11.0. The first kappa shape index (κ1) is 12.3. The molecule has 7 heteroatoms. The van der Waals surface area contributed by atoms with Crippen LogP contribution in [-0.2, 0) is 13.6 Å². The van der Waals surface area contributed by atoms with Crippen LogP contribution in [0.15, 0.2) is 16.9 Å². The quantitative estimate of drug-likeness (QED) is 0.856. The molecule has 0 saturated carbocycles. The second-order valence-electron chi connectivity index (χ2n) is 4.75. The van der Waals surface area contributed by atoms with E-state index in [0.29, 0.717) is 18.3 Å². The van der Waals surface area contributed by atoms with E-state index in [1.165, 1.54) is 0 Å². The van der Waals surface area contributed by atoms with Gasteiger partial charge >= 0.3 is 0 Å². The summed E-state index contributed by atoms with van der Waals surface area (Å²) in [5.41, 5.74) is 0. The Kier molecular flexibility index (Phi) is 3.56. The van der Waals surface area contributed by atoms with E-state index >= 15 is 0 Å². The van der Waals surface area contributed by atoms with E-state index in [9.17, 15) is 0 Å². The highest BCUT2D eigenvalue weighted by Gasteiger charge is 2.16. The van der Waals surface area contributed by atoms with E-state index in [4.69, 9.17) is 4.52 Å². The van der Waals surface area contributed by atoms with Gasteiger partial charge in [0.05, 0.1) is 6.54 Å². The zero-order chi connectivity index (χ0) is 13.1. The highest BCUT2D eigenvalue weighted by Crippen LogP contribution is 2.13. The molecule has 2 aromatic rings. The Hall–Kier alpha value is -1.73. The van der Waals surface area contributed by atoms with Crippen LogP contribution >= 0.6 is 0 Å². The number of rotatable bonds is 3. The highest BCUT2D eigenvalue weighted by atomic mass is 16.5. The first-order valence-corrected chi connectivity index (χ1v) is 6.56. The average Bonchev–Trinajstić information content (AvgIpc) is 2.93. The molecule has 0 amide bonds. The number of aromatic nitrogens is 4. The van der Waals surface area contributed by atoms with Crippen LogP contribution in [0.25, 0.3) is 11.6 Å². The van der Waals surface area contributed by atoms with Crippen LogP contribution in [0.4, 0.5) is 0 Å². The number of nitrogens with zero attached hydrogens (tertiary/aromatic N) is 5. The molecule has 1 aliphatic heterocycles. The van der Waals surface area contributed by atoms with Gasteiger partial charge in [-0.3, -0.25) is 4.90 Å². The molecular weight excluding hydrogens is 244 g/mol. The first-order chi connectivity index (χ1) is 9.33. The van der Waals surface area contributed by atoms with Gasteiger partial charge in [-0.1, -0.05) is 5.16 Å². The maximum absolute atomic E-state index is 5.31. The first-order valence-electron chi connectivity index (χ1n) is 6.56. The van der Waals surface area contributed by atoms with Crippen LogP contribution in [0.3, 0.4) is 0 Å². The van der Waals surface area contributed by atoms with Crippen LogP contribution < -0.4 is 5.32 Å². The van der Waals surface area contributed by atoms with Gasteiger partial charge in [0, 0.05) is 32.5 Å². The Morgan fingerprint density at radius 1 is 1.37 bits per heavy atom. The molecule has 3 heterocycles. The van der Waals surface area contributed by atoms with Crippen molar-refractivity contribution in [1.29, 1.82) is 0 Å². The molecule has 0 aliphatic carbocycles. The molecule has 0 spiro atoms. The third-order valence-corrected chi connectivity index (χ3v) is 3.28. The second-order valence-corrected chi connectivity index (χ2v) is 4.75. The molecule has 7 nitrogen and oxygen atoms in total. The van der Waals surface area contributed by atoms with Crippen molar-refractivity contribution in [2.75, 3.05) is 26.2 Å². The predicted octanol–water partition coefficient (Wildman–Crippen LogP) is 0.265. The topological polar surface area (TPSA) is 72.0 Å². The molecule has 3 rings (SSSR count). The standard InChI is InChI=1S/C12H18N6O/c1-17-7-5-14-12(17)11-15-10(19-16-11)9-18-6-2-3-13-4-8-18/h5,7,13H,2-4,6,8-9H2,1H3. The summed E-state index contributed by atoms with van der Waals surface area (Å²) in [6, 6.07) is 0. The Balaban J connectivity index is 1.69. The molecule has 102 valence electrons. The Morgan fingerprint density at radius 2 is 2.32 bits per heavy atom. The second kappa shape index (κ2) is 5.50. The van der Waals surface area contributed by atoms with Gasteiger partial charge in [0.1, 0.15) is 0 Å². The normalized spacial score (nSPS) is 17.5. The number of imidazole rings is 1. The van der Waals surface area contributed by atoms with Crippen molar-refractivity contribution in [1.82, 2.24) is 29.9 Å². The van der Waals surface area contributed by atoms with Crippen LogP contribution in [0.5, 0.6) is 0 Å². The van der Waals surface area contributed by atoms with Gasteiger partial charge in [0.2, 0.25) is 11.7 Å². The van der Waals surface area contributed by atoms with Crippen LogP contribution in [0.2, 0.25) is 0 Å². The van der Waals surface area contributed by atoms with Crippen molar-refractivity contribution in [3.8, 4) is 11.6 Å². The monoisotopic (exact) mass is 262 g/mol. The van der Waals surface area contributed by atoms with Crippen LogP contribution in [0.1, 0.15) is 12.3 Å². The van der Waals surface area contributed by atoms with Crippen molar-refractivity contribution in [3.05, 3.63) is 18.3 Å². The van der Waals surface area contributed by atoms with Crippen molar-refractivity contribution in [2.45, 2.75) is 13.0 Å². The molecule has 1 aliphatic rings. The number of hydrogen-bond acceptors (Lipinski definition) is 6. The molecule has 1 fully saturated rings. The molecule has 0 bridgehead atoms. The van der Waals surface area contributed by atoms with Crippen molar-refractivity contribution >= 4 is 0 Å². The number of aryl methyl sites for hydroxylation is 1. The maximum Gasteiger partial charge on any atom is 0.241 e. The minimum Gasteiger partial charge on any atom is -0.337 e. The number of hydrogen-bond donors (Lipinski definition) is 1. The fraction of sp³-hybridized carbons (Fsp3) is 0.583. The lowest BCUT2D eigenvalue weighted by molar-refractivity contribution is 0.239. The maximum atomic E-state index is 5.31. The van der Waals surface area contributed by atoms with E-state index in [1.54, 1.807) is 6.20 Å².